The van der Waals surface area contributed by atoms with Crippen LogP contribution < -0.4 is 5.32 Å². The molecule has 0 unspecified atom stereocenters. The normalized spacial score (nSPS) is 14.0. The molecule has 1 fully saturated rings. The molecule has 0 atom stereocenters. The highest BCUT2D eigenvalue weighted by Gasteiger charge is 2.19. The molecule has 0 radical (unpaired) electrons. The zero-order valence-corrected chi connectivity index (χ0v) is 17.3. The van der Waals surface area contributed by atoms with Crippen LogP contribution in [-0.2, 0) is 16.2 Å². The summed E-state index contributed by atoms with van der Waals surface area (Å²) in [5.74, 6) is 6.32. The Hall–Kier alpha value is -3.66. The summed E-state index contributed by atoms with van der Waals surface area (Å²) in [6, 6.07) is 9.17. The quantitative estimate of drug-likeness (QED) is 0.335. The van der Waals surface area contributed by atoms with Crippen LogP contribution in [-0.4, -0.2) is 34.6 Å². The monoisotopic (exact) mass is 404 g/mol. The van der Waals surface area contributed by atoms with Crippen LogP contribution in [0.4, 0.5) is 0 Å². The summed E-state index contributed by atoms with van der Waals surface area (Å²) < 4.78 is 0. The predicted molar refractivity (Wildman–Crippen MR) is 114 cm³/mol. The molecule has 3 rings (SSSR count). The van der Waals surface area contributed by atoms with Gasteiger partial charge in [-0.05, 0) is 50.3 Å². The summed E-state index contributed by atoms with van der Waals surface area (Å²) >= 11 is 0. The number of likely N-dealkylation sites (N-methyl/N-ethyl adjacent to an activating group) is 1. The third-order valence-electron chi connectivity index (χ3n) is 4.78. The van der Waals surface area contributed by atoms with Crippen LogP contribution in [0, 0.1) is 24.7 Å². The molecular formula is C23H24N4O3. The highest BCUT2D eigenvalue weighted by atomic mass is 16.6. The highest BCUT2D eigenvalue weighted by molar-refractivity contribution is 6.45. The molecule has 0 spiro atoms. The summed E-state index contributed by atoms with van der Waals surface area (Å²) in [5, 5.41) is 19.1. The molecule has 1 aromatic heterocycles. The number of nitrogens with one attached hydrogen (secondary N) is 1. The number of hydrogen-bond donors (Lipinski definition) is 2. The fourth-order valence-corrected chi connectivity index (χ4v) is 2.79. The van der Waals surface area contributed by atoms with E-state index in [0.717, 1.165) is 16.8 Å². The minimum absolute atomic E-state index is 0.0763. The second kappa shape index (κ2) is 9.70. The Kier molecular flexibility index (Phi) is 6.81. The molecular weight excluding hydrogens is 380 g/mol. The number of hydrogen-bond acceptors (Lipinski definition) is 6. The van der Waals surface area contributed by atoms with Crippen LogP contribution >= 0.6 is 0 Å². The van der Waals surface area contributed by atoms with Crippen LogP contribution in [0.3, 0.4) is 0 Å². The Morgan fingerprint density at radius 2 is 2.13 bits per heavy atom. The van der Waals surface area contributed by atoms with Gasteiger partial charge in [-0.1, -0.05) is 34.4 Å². The maximum absolute atomic E-state index is 12.0. The van der Waals surface area contributed by atoms with E-state index >= 15 is 0 Å². The standard InChI is InChI=1S/C23H24N4O3/c1-15-5-4-6-20(22(26-29)23(28)24-3)21(15)14-30-27-16(2)18-10-12-19(25-13-18)11-9-17-7-8-17/h4-6,10,12-13,17,29H,7-8,14H2,1-3H3,(H,24,28)/b26-22+,27-16+. The molecule has 7 heteroatoms. The van der Waals surface area contributed by atoms with Gasteiger partial charge in [-0.25, -0.2) is 4.98 Å². The molecule has 0 saturated heterocycles. The third-order valence-corrected chi connectivity index (χ3v) is 4.78. The van der Waals surface area contributed by atoms with E-state index in [9.17, 15) is 10.0 Å². The van der Waals surface area contributed by atoms with Crippen molar-refractivity contribution in [2.45, 2.75) is 33.3 Å². The van der Waals surface area contributed by atoms with Crippen molar-refractivity contribution in [2.24, 2.45) is 16.2 Å². The van der Waals surface area contributed by atoms with E-state index in [0.29, 0.717) is 22.8 Å². The number of rotatable bonds is 6. The summed E-state index contributed by atoms with van der Waals surface area (Å²) in [6.07, 6.45) is 4.09. The number of carbonyl (C=O) groups is 1. The van der Waals surface area contributed by atoms with E-state index < -0.39 is 5.91 Å². The Balaban J connectivity index is 1.71. The highest BCUT2D eigenvalue weighted by Crippen LogP contribution is 2.27. The number of nitrogens with zero attached hydrogens (tertiary/aromatic N) is 3. The lowest BCUT2D eigenvalue weighted by atomic mass is 9.98. The number of carbonyl (C=O) groups excluding carboxylic acids is 1. The fourth-order valence-electron chi connectivity index (χ4n) is 2.79. The van der Waals surface area contributed by atoms with E-state index in [1.54, 1.807) is 18.3 Å². The summed E-state index contributed by atoms with van der Waals surface area (Å²) in [6.45, 7) is 3.84. The van der Waals surface area contributed by atoms with Crippen molar-refractivity contribution in [3.8, 4) is 11.8 Å². The smallest absolute Gasteiger partial charge is 0.273 e. The number of oxime groups is 2. The van der Waals surface area contributed by atoms with Gasteiger partial charge in [0.2, 0.25) is 0 Å². The Morgan fingerprint density at radius 1 is 1.33 bits per heavy atom. The Morgan fingerprint density at radius 3 is 2.77 bits per heavy atom. The number of amides is 1. The molecule has 30 heavy (non-hydrogen) atoms. The van der Waals surface area contributed by atoms with Gasteiger partial charge in [0.15, 0.2) is 5.71 Å². The zero-order chi connectivity index (χ0) is 21.5. The zero-order valence-electron chi connectivity index (χ0n) is 17.3. The lowest BCUT2D eigenvalue weighted by Gasteiger charge is -2.12. The molecule has 1 aliphatic rings. The Labute approximate surface area is 175 Å². The molecule has 0 bridgehead atoms. The summed E-state index contributed by atoms with van der Waals surface area (Å²) in [7, 11) is 1.48. The second-order valence-corrected chi connectivity index (χ2v) is 7.05. The van der Waals surface area contributed by atoms with Crippen molar-refractivity contribution in [3.05, 3.63) is 64.5 Å². The molecule has 1 amide bonds. The van der Waals surface area contributed by atoms with E-state index in [1.165, 1.54) is 19.9 Å². The van der Waals surface area contributed by atoms with E-state index in [-0.39, 0.29) is 12.3 Å². The van der Waals surface area contributed by atoms with Gasteiger partial charge >= 0.3 is 0 Å². The first-order chi connectivity index (χ1) is 14.5. The molecule has 1 aromatic carbocycles. The lowest BCUT2D eigenvalue weighted by molar-refractivity contribution is -0.114. The van der Waals surface area contributed by atoms with Gasteiger partial charge in [0.1, 0.15) is 12.3 Å². The van der Waals surface area contributed by atoms with Crippen molar-refractivity contribution < 1.29 is 14.8 Å². The topological polar surface area (TPSA) is 96.2 Å². The molecule has 1 heterocycles. The average Bonchev–Trinajstić information content (AvgIpc) is 3.59. The van der Waals surface area contributed by atoms with E-state index in [4.69, 9.17) is 4.84 Å². The van der Waals surface area contributed by atoms with Crippen LogP contribution in [0.15, 0.2) is 46.8 Å². The molecule has 2 aromatic rings. The molecule has 7 nitrogen and oxygen atoms in total. The molecule has 1 saturated carbocycles. The maximum Gasteiger partial charge on any atom is 0.273 e. The molecule has 1 aliphatic carbocycles. The van der Waals surface area contributed by atoms with Crippen LogP contribution in [0.1, 0.15) is 47.7 Å². The van der Waals surface area contributed by atoms with Gasteiger partial charge in [-0.3, -0.25) is 4.79 Å². The van der Waals surface area contributed by atoms with Crippen molar-refractivity contribution in [2.75, 3.05) is 7.05 Å². The van der Waals surface area contributed by atoms with Crippen LogP contribution in [0.25, 0.3) is 0 Å². The van der Waals surface area contributed by atoms with Crippen molar-refractivity contribution in [1.82, 2.24) is 10.3 Å². The lowest BCUT2D eigenvalue weighted by Crippen LogP contribution is -2.29. The first kappa shape index (κ1) is 21.1. The minimum atomic E-state index is -0.486. The Bertz CT molecular complexity index is 1040. The van der Waals surface area contributed by atoms with Crippen molar-refractivity contribution in [3.63, 3.8) is 0 Å². The summed E-state index contributed by atoms with van der Waals surface area (Å²) in [4.78, 5) is 21.9. The number of benzene rings is 1. The van der Waals surface area contributed by atoms with Crippen molar-refractivity contribution >= 4 is 17.3 Å². The van der Waals surface area contributed by atoms with Crippen LogP contribution in [0.2, 0.25) is 0 Å². The number of aryl methyl sites for hydroxylation is 1. The first-order valence-corrected chi connectivity index (χ1v) is 9.71. The van der Waals surface area contributed by atoms with Crippen LogP contribution in [0.5, 0.6) is 0 Å². The number of aromatic nitrogens is 1. The number of pyridine rings is 1. The predicted octanol–water partition coefficient (Wildman–Crippen LogP) is 3.02. The third kappa shape index (κ3) is 5.23. The van der Waals surface area contributed by atoms with Gasteiger partial charge in [0.05, 0.1) is 5.71 Å². The fraction of sp³-hybridized carbons (Fsp3) is 0.304. The molecule has 154 valence electrons. The van der Waals surface area contributed by atoms with Gasteiger partial charge in [0, 0.05) is 35.9 Å². The largest absolute Gasteiger partial charge is 0.410 e. The van der Waals surface area contributed by atoms with Gasteiger partial charge in [-0.2, -0.15) is 0 Å². The average molecular weight is 404 g/mol. The SMILES string of the molecule is CNC(=O)/C(=N/O)c1cccc(C)c1CO/N=C(\C)c1ccc(C#CC2CC2)nc1. The van der Waals surface area contributed by atoms with E-state index in [1.807, 2.05) is 32.0 Å². The maximum atomic E-state index is 12.0. The van der Waals surface area contributed by atoms with Crippen molar-refractivity contribution in [1.29, 1.82) is 0 Å². The van der Waals surface area contributed by atoms with Gasteiger partial charge in [0.25, 0.3) is 5.91 Å². The second-order valence-electron chi connectivity index (χ2n) is 7.05. The van der Waals surface area contributed by atoms with Gasteiger partial charge < -0.3 is 15.4 Å². The minimum Gasteiger partial charge on any atom is -0.410 e. The summed E-state index contributed by atoms with van der Waals surface area (Å²) in [5.41, 5.74) is 4.27. The van der Waals surface area contributed by atoms with E-state index in [2.05, 4.69) is 32.5 Å². The molecule has 0 aliphatic heterocycles. The first-order valence-electron chi connectivity index (χ1n) is 9.71. The van der Waals surface area contributed by atoms with Gasteiger partial charge in [-0.15, -0.1) is 0 Å². The molecule has 2 N–H and O–H groups in total.